The summed E-state index contributed by atoms with van der Waals surface area (Å²) in [6.07, 6.45) is 0.138. The van der Waals surface area contributed by atoms with Crippen molar-refractivity contribution in [2.24, 2.45) is 0 Å². The number of nitro groups is 1. The van der Waals surface area contributed by atoms with E-state index < -0.39 is 17.4 Å². The Morgan fingerprint density at radius 3 is 2.73 bits per heavy atom. The second kappa shape index (κ2) is 8.83. The number of nitriles is 1. The fourth-order valence-electron chi connectivity index (χ4n) is 2.30. The lowest BCUT2D eigenvalue weighted by molar-refractivity contribution is -0.385. The number of benzene rings is 2. The Hall–Kier alpha value is -3.11. The average Bonchev–Trinajstić information content (AvgIpc) is 2.63. The minimum absolute atomic E-state index is 0.0124. The smallest absolute Gasteiger partial charge is 0.310 e. The molecule has 0 aromatic heterocycles. The summed E-state index contributed by atoms with van der Waals surface area (Å²) < 4.78 is 5.35. The number of hydrogen-bond acceptors (Lipinski definition) is 5. The first-order chi connectivity index (χ1) is 12.4. The number of halogens is 1. The Morgan fingerprint density at radius 1 is 1.35 bits per heavy atom. The molecule has 0 bridgehead atoms. The number of hydrogen-bond donors (Lipinski definition) is 0. The van der Waals surface area contributed by atoms with Crippen LogP contribution in [0.5, 0.6) is 5.75 Å². The SMILES string of the molecule is Cc1cc(N(CCC#N)C(=O)COc2ccccc2[N+](=O)[O-])ccc1Cl. The van der Waals surface area contributed by atoms with Gasteiger partial charge in [0.15, 0.2) is 12.4 Å². The fraction of sp³-hybridized carbons (Fsp3) is 0.222. The highest BCUT2D eigenvalue weighted by Crippen LogP contribution is 2.26. The molecule has 0 saturated heterocycles. The quantitative estimate of drug-likeness (QED) is 0.542. The molecule has 0 N–H and O–H groups in total. The lowest BCUT2D eigenvalue weighted by Crippen LogP contribution is -2.35. The molecule has 0 aliphatic carbocycles. The number of para-hydroxylation sites is 2. The zero-order valence-corrected chi connectivity index (χ0v) is 14.8. The van der Waals surface area contributed by atoms with Gasteiger partial charge in [0.1, 0.15) is 0 Å². The standard InChI is InChI=1S/C18H16ClN3O4/c1-13-11-14(7-8-15(13)19)21(10-4-9-20)18(23)12-26-17-6-3-2-5-16(17)22(24)25/h2-3,5-8,11H,4,10,12H2,1H3. The predicted octanol–water partition coefficient (Wildman–Crippen LogP) is 3.88. The van der Waals surface area contributed by atoms with Gasteiger partial charge in [0.2, 0.25) is 0 Å². The maximum atomic E-state index is 12.6. The molecule has 0 heterocycles. The molecular weight excluding hydrogens is 358 g/mol. The normalized spacial score (nSPS) is 10.0. The molecule has 0 unspecified atom stereocenters. The molecule has 0 fully saturated rings. The van der Waals surface area contributed by atoms with Gasteiger partial charge in [-0.1, -0.05) is 23.7 Å². The zero-order chi connectivity index (χ0) is 19.1. The van der Waals surface area contributed by atoms with E-state index in [1.54, 1.807) is 24.3 Å². The number of amides is 1. The van der Waals surface area contributed by atoms with Gasteiger partial charge >= 0.3 is 5.69 Å². The third-order valence-corrected chi connectivity index (χ3v) is 4.04. The van der Waals surface area contributed by atoms with Crippen molar-refractivity contribution in [3.63, 3.8) is 0 Å². The van der Waals surface area contributed by atoms with Gasteiger partial charge in [-0.3, -0.25) is 14.9 Å². The highest BCUT2D eigenvalue weighted by atomic mass is 35.5. The van der Waals surface area contributed by atoms with Gasteiger partial charge in [-0.25, -0.2) is 0 Å². The molecule has 0 aliphatic rings. The summed E-state index contributed by atoms with van der Waals surface area (Å²) in [6, 6.07) is 12.9. The van der Waals surface area contributed by atoms with Crippen LogP contribution in [0.15, 0.2) is 42.5 Å². The van der Waals surface area contributed by atoms with Crippen LogP contribution in [-0.2, 0) is 4.79 Å². The summed E-state index contributed by atoms with van der Waals surface area (Å²) in [4.78, 5) is 24.4. The van der Waals surface area contributed by atoms with Crippen LogP contribution in [0.25, 0.3) is 0 Å². The number of anilines is 1. The van der Waals surface area contributed by atoms with Crippen LogP contribution in [-0.4, -0.2) is 24.0 Å². The van der Waals surface area contributed by atoms with E-state index in [-0.39, 0.29) is 24.4 Å². The molecule has 2 aromatic carbocycles. The maximum Gasteiger partial charge on any atom is 0.310 e. The van der Waals surface area contributed by atoms with E-state index in [0.717, 1.165) is 5.56 Å². The average molecular weight is 374 g/mol. The third kappa shape index (κ3) is 4.71. The van der Waals surface area contributed by atoms with E-state index >= 15 is 0 Å². The van der Waals surface area contributed by atoms with E-state index in [1.807, 2.05) is 13.0 Å². The van der Waals surface area contributed by atoms with Crippen molar-refractivity contribution in [2.45, 2.75) is 13.3 Å². The number of rotatable bonds is 7. The molecule has 0 radical (unpaired) electrons. The molecule has 8 heteroatoms. The first-order valence-electron chi connectivity index (χ1n) is 7.73. The summed E-state index contributed by atoms with van der Waals surface area (Å²) in [5.41, 5.74) is 1.16. The lowest BCUT2D eigenvalue weighted by atomic mass is 10.2. The second-order valence-corrected chi connectivity index (χ2v) is 5.81. The molecule has 0 spiro atoms. The Labute approximate surface area is 155 Å². The van der Waals surface area contributed by atoms with Gasteiger partial charge in [0.25, 0.3) is 5.91 Å². The van der Waals surface area contributed by atoms with Crippen molar-refractivity contribution in [2.75, 3.05) is 18.1 Å². The second-order valence-electron chi connectivity index (χ2n) is 5.40. The number of ether oxygens (including phenoxy) is 1. The zero-order valence-electron chi connectivity index (χ0n) is 14.0. The monoisotopic (exact) mass is 373 g/mol. The number of nitro benzene ring substituents is 1. The minimum atomic E-state index is -0.574. The van der Waals surface area contributed by atoms with Gasteiger partial charge in [0, 0.05) is 23.3 Å². The van der Waals surface area contributed by atoms with E-state index in [1.165, 1.54) is 23.1 Å². The van der Waals surface area contributed by atoms with E-state index in [2.05, 4.69) is 0 Å². The van der Waals surface area contributed by atoms with Gasteiger partial charge in [-0.2, -0.15) is 5.26 Å². The molecule has 0 aliphatic heterocycles. The van der Waals surface area contributed by atoms with Gasteiger partial charge < -0.3 is 9.64 Å². The van der Waals surface area contributed by atoms with Crippen molar-refractivity contribution >= 4 is 28.9 Å². The number of nitrogens with zero attached hydrogens (tertiary/aromatic N) is 3. The van der Waals surface area contributed by atoms with Crippen molar-refractivity contribution in [1.29, 1.82) is 5.26 Å². The molecule has 134 valence electrons. The Balaban J connectivity index is 2.18. The predicted molar refractivity (Wildman–Crippen MR) is 97.4 cm³/mol. The molecule has 7 nitrogen and oxygen atoms in total. The van der Waals surface area contributed by atoms with Crippen molar-refractivity contribution < 1.29 is 14.5 Å². The molecular formula is C18H16ClN3O4. The molecule has 1 amide bonds. The summed E-state index contributed by atoms with van der Waals surface area (Å²) in [7, 11) is 0. The Kier molecular flexibility index (Phi) is 6.53. The number of carbonyl (C=O) groups excluding carboxylic acids is 1. The molecule has 2 rings (SSSR count). The van der Waals surface area contributed by atoms with Gasteiger partial charge in [-0.05, 0) is 36.8 Å². The molecule has 2 aromatic rings. The van der Waals surface area contributed by atoms with E-state index in [9.17, 15) is 14.9 Å². The number of carbonyl (C=O) groups is 1. The largest absolute Gasteiger partial charge is 0.477 e. The fourth-order valence-corrected chi connectivity index (χ4v) is 2.42. The molecule has 26 heavy (non-hydrogen) atoms. The van der Waals surface area contributed by atoms with Crippen LogP contribution >= 0.6 is 11.6 Å². The highest BCUT2D eigenvalue weighted by Gasteiger charge is 2.20. The van der Waals surface area contributed by atoms with E-state index in [0.29, 0.717) is 10.7 Å². The minimum Gasteiger partial charge on any atom is -0.477 e. The third-order valence-electron chi connectivity index (χ3n) is 3.61. The van der Waals surface area contributed by atoms with Crippen LogP contribution in [0.1, 0.15) is 12.0 Å². The maximum absolute atomic E-state index is 12.6. The van der Waals surface area contributed by atoms with Crippen LogP contribution in [0.3, 0.4) is 0 Å². The van der Waals surface area contributed by atoms with Gasteiger partial charge in [0.05, 0.1) is 17.4 Å². The Bertz CT molecular complexity index is 864. The molecule has 0 atom stereocenters. The van der Waals surface area contributed by atoms with E-state index in [4.69, 9.17) is 21.6 Å². The molecule has 0 saturated carbocycles. The van der Waals surface area contributed by atoms with Crippen LogP contribution in [0.2, 0.25) is 5.02 Å². The van der Waals surface area contributed by atoms with Crippen molar-refractivity contribution in [3.05, 3.63) is 63.2 Å². The van der Waals surface area contributed by atoms with Crippen molar-refractivity contribution in [1.82, 2.24) is 0 Å². The summed E-state index contributed by atoms with van der Waals surface area (Å²) in [6.45, 7) is 1.59. The van der Waals surface area contributed by atoms with Crippen LogP contribution < -0.4 is 9.64 Å². The van der Waals surface area contributed by atoms with Gasteiger partial charge in [-0.15, -0.1) is 0 Å². The summed E-state index contributed by atoms with van der Waals surface area (Å²) in [5, 5.41) is 20.4. The Morgan fingerprint density at radius 2 is 2.08 bits per heavy atom. The number of aryl methyl sites for hydroxylation is 1. The first kappa shape index (κ1) is 19.2. The van der Waals surface area contributed by atoms with Crippen LogP contribution in [0.4, 0.5) is 11.4 Å². The summed E-state index contributed by atoms with van der Waals surface area (Å²) >= 11 is 6.01. The topological polar surface area (TPSA) is 96.5 Å². The highest BCUT2D eigenvalue weighted by molar-refractivity contribution is 6.31. The first-order valence-corrected chi connectivity index (χ1v) is 8.11. The lowest BCUT2D eigenvalue weighted by Gasteiger charge is -2.22. The van der Waals surface area contributed by atoms with Crippen LogP contribution in [0, 0.1) is 28.4 Å². The summed E-state index contributed by atoms with van der Waals surface area (Å²) in [5.74, 6) is -0.404. The van der Waals surface area contributed by atoms with Crippen molar-refractivity contribution in [3.8, 4) is 11.8 Å².